The fraction of sp³-hybridized carbons (Fsp3) is 0.950. The van der Waals surface area contributed by atoms with Crippen LogP contribution in [0.15, 0.2) is 0 Å². The molecule has 1 saturated heterocycles. The lowest BCUT2D eigenvalue weighted by molar-refractivity contribution is -0.143. The van der Waals surface area contributed by atoms with E-state index in [0.717, 1.165) is 25.9 Å². The van der Waals surface area contributed by atoms with Gasteiger partial charge in [0.15, 0.2) is 0 Å². The quantitative estimate of drug-likeness (QED) is 0.454. The van der Waals surface area contributed by atoms with E-state index in [4.69, 9.17) is 4.74 Å². The standard InChI is InChI=1S/C20H39NO2/c1-4-5-6-7-8-9-10-11-12-13-14-15-20(22)21-16-18(2)23-19(3)17-21/h18-19H,4-17H2,1-3H3. The Morgan fingerprint density at radius 1 is 0.826 bits per heavy atom. The Bertz CT molecular complexity index is 296. The number of morpholine rings is 1. The van der Waals surface area contributed by atoms with E-state index in [1.807, 2.05) is 4.90 Å². The summed E-state index contributed by atoms with van der Waals surface area (Å²) in [4.78, 5) is 14.2. The number of unbranched alkanes of at least 4 members (excludes halogenated alkanes) is 10. The van der Waals surface area contributed by atoms with Crippen LogP contribution in [-0.2, 0) is 9.53 Å². The molecular weight excluding hydrogens is 286 g/mol. The third kappa shape index (κ3) is 10.0. The average molecular weight is 326 g/mol. The van der Waals surface area contributed by atoms with E-state index in [-0.39, 0.29) is 12.2 Å². The van der Waals surface area contributed by atoms with Crippen molar-refractivity contribution in [1.82, 2.24) is 4.90 Å². The van der Waals surface area contributed by atoms with Crippen LogP contribution in [0.2, 0.25) is 0 Å². The van der Waals surface area contributed by atoms with Gasteiger partial charge in [-0.05, 0) is 20.3 Å². The number of hydrogen-bond acceptors (Lipinski definition) is 2. The van der Waals surface area contributed by atoms with Gasteiger partial charge in [0.1, 0.15) is 0 Å². The molecule has 1 fully saturated rings. The molecule has 1 heterocycles. The molecule has 2 unspecified atom stereocenters. The molecule has 1 amide bonds. The van der Waals surface area contributed by atoms with Gasteiger partial charge >= 0.3 is 0 Å². The summed E-state index contributed by atoms with van der Waals surface area (Å²) in [7, 11) is 0. The molecule has 0 N–H and O–H groups in total. The zero-order chi connectivity index (χ0) is 16.9. The highest BCUT2D eigenvalue weighted by Gasteiger charge is 2.25. The molecule has 0 saturated carbocycles. The molecule has 0 aromatic heterocycles. The molecule has 0 aliphatic carbocycles. The molecule has 23 heavy (non-hydrogen) atoms. The first kappa shape index (κ1) is 20.5. The van der Waals surface area contributed by atoms with Crippen molar-refractivity contribution in [1.29, 1.82) is 0 Å². The first-order valence-corrected chi connectivity index (χ1v) is 10.1. The van der Waals surface area contributed by atoms with Gasteiger partial charge in [-0.1, -0.05) is 71.1 Å². The largest absolute Gasteiger partial charge is 0.372 e. The van der Waals surface area contributed by atoms with Gasteiger partial charge in [-0.2, -0.15) is 0 Å². The van der Waals surface area contributed by atoms with Crippen molar-refractivity contribution in [3.63, 3.8) is 0 Å². The number of hydrogen-bond donors (Lipinski definition) is 0. The van der Waals surface area contributed by atoms with E-state index in [1.165, 1.54) is 64.2 Å². The van der Waals surface area contributed by atoms with Crippen LogP contribution >= 0.6 is 0 Å². The molecule has 3 nitrogen and oxygen atoms in total. The first-order chi connectivity index (χ1) is 11.1. The van der Waals surface area contributed by atoms with Gasteiger partial charge in [0.25, 0.3) is 0 Å². The minimum Gasteiger partial charge on any atom is -0.372 e. The summed E-state index contributed by atoms with van der Waals surface area (Å²) in [6, 6.07) is 0. The predicted octanol–water partition coefficient (Wildman–Crippen LogP) is 5.32. The van der Waals surface area contributed by atoms with Gasteiger partial charge in [0, 0.05) is 19.5 Å². The number of rotatable bonds is 12. The summed E-state index contributed by atoms with van der Waals surface area (Å²) in [5.74, 6) is 0.322. The van der Waals surface area contributed by atoms with E-state index < -0.39 is 0 Å². The molecule has 0 bridgehead atoms. The second-order valence-electron chi connectivity index (χ2n) is 7.34. The van der Waals surface area contributed by atoms with Gasteiger partial charge in [-0.3, -0.25) is 4.79 Å². The van der Waals surface area contributed by atoms with E-state index >= 15 is 0 Å². The van der Waals surface area contributed by atoms with Gasteiger partial charge in [-0.15, -0.1) is 0 Å². The van der Waals surface area contributed by atoms with Crippen LogP contribution in [0.3, 0.4) is 0 Å². The van der Waals surface area contributed by atoms with Gasteiger partial charge in [-0.25, -0.2) is 0 Å². The first-order valence-electron chi connectivity index (χ1n) is 10.1. The fourth-order valence-electron chi connectivity index (χ4n) is 3.48. The second-order valence-corrected chi connectivity index (χ2v) is 7.34. The molecule has 0 spiro atoms. The summed E-state index contributed by atoms with van der Waals surface area (Å²) >= 11 is 0. The molecule has 1 aliphatic rings. The highest BCUT2D eigenvalue weighted by molar-refractivity contribution is 5.76. The number of nitrogens with zero attached hydrogens (tertiary/aromatic N) is 1. The molecule has 1 aliphatic heterocycles. The third-order valence-electron chi connectivity index (χ3n) is 4.77. The molecular formula is C20H39NO2. The van der Waals surface area contributed by atoms with Crippen molar-refractivity contribution in [3.8, 4) is 0 Å². The zero-order valence-electron chi connectivity index (χ0n) is 15.8. The SMILES string of the molecule is CCCCCCCCCCCCCC(=O)N1CC(C)OC(C)C1. The van der Waals surface area contributed by atoms with Crippen LogP contribution in [0.25, 0.3) is 0 Å². The van der Waals surface area contributed by atoms with Crippen molar-refractivity contribution >= 4 is 5.91 Å². The lowest BCUT2D eigenvalue weighted by Crippen LogP contribution is -2.48. The number of carbonyl (C=O) groups excluding carboxylic acids is 1. The Labute approximate surface area is 144 Å². The Kier molecular flexibility index (Phi) is 11.4. The number of amides is 1. The fourth-order valence-corrected chi connectivity index (χ4v) is 3.48. The number of carbonyl (C=O) groups is 1. The lowest BCUT2D eigenvalue weighted by atomic mass is 10.0. The molecule has 136 valence electrons. The highest BCUT2D eigenvalue weighted by atomic mass is 16.5. The topological polar surface area (TPSA) is 29.5 Å². The van der Waals surface area contributed by atoms with Crippen LogP contribution in [-0.4, -0.2) is 36.1 Å². The molecule has 0 aromatic rings. The highest BCUT2D eigenvalue weighted by Crippen LogP contribution is 2.15. The maximum atomic E-state index is 12.2. The van der Waals surface area contributed by atoms with Crippen molar-refractivity contribution in [2.45, 2.75) is 110 Å². The van der Waals surface area contributed by atoms with E-state index in [1.54, 1.807) is 0 Å². The molecule has 1 rings (SSSR count). The van der Waals surface area contributed by atoms with Gasteiger partial charge < -0.3 is 9.64 Å². The summed E-state index contributed by atoms with van der Waals surface area (Å²) < 4.78 is 5.68. The van der Waals surface area contributed by atoms with E-state index in [2.05, 4.69) is 20.8 Å². The van der Waals surface area contributed by atoms with Crippen LogP contribution in [0.1, 0.15) is 97.8 Å². The minimum absolute atomic E-state index is 0.181. The summed E-state index contributed by atoms with van der Waals surface area (Å²) in [5, 5.41) is 0. The summed E-state index contributed by atoms with van der Waals surface area (Å²) in [6.45, 7) is 7.91. The molecule has 2 atom stereocenters. The monoisotopic (exact) mass is 325 g/mol. The predicted molar refractivity (Wildman–Crippen MR) is 97.7 cm³/mol. The number of ether oxygens (including phenoxy) is 1. The Morgan fingerprint density at radius 3 is 1.74 bits per heavy atom. The molecule has 3 heteroatoms. The van der Waals surface area contributed by atoms with Crippen molar-refractivity contribution in [2.24, 2.45) is 0 Å². The zero-order valence-corrected chi connectivity index (χ0v) is 15.8. The van der Waals surface area contributed by atoms with Crippen molar-refractivity contribution in [3.05, 3.63) is 0 Å². The average Bonchev–Trinajstić information content (AvgIpc) is 2.51. The maximum Gasteiger partial charge on any atom is 0.222 e. The van der Waals surface area contributed by atoms with E-state index in [0.29, 0.717) is 5.91 Å². The van der Waals surface area contributed by atoms with Crippen LogP contribution < -0.4 is 0 Å². The second kappa shape index (κ2) is 12.8. The Balaban J connectivity index is 1.91. The van der Waals surface area contributed by atoms with Crippen LogP contribution in [0.4, 0.5) is 0 Å². The summed E-state index contributed by atoms with van der Waals surface area (Å²) in [5.41, 5.74) is 0. The normalized spacial score (nSPS) is 21.6. The van der Waals surface area contributed by atoms with Crippen LogP contribution in [0.5, 0.6) is 0 Å². The summed E-state index contributed by atoms with van der Waals surface area (Å²) in [6.07, 6.45) is 15.7. The molecule has 0 aromatic carbocycles. The smallest absolute Gasteiger partial charge is 0.222 e. The van der Waals surface area contributed by atoms with E-state index in [9.17, 15) is 4.79 Å². The molecule has 0 radical (unpaired) electrons. The third-order valence-corrected chi connectivity index (χ3v) is 4.77. The Morgan fingerprint density at radius 2 is 1.26 bits per heavy atom. The van der Waals surface area contributed by atoms with Crippen molar-refractivity contribution < 1.29 is 9.53 Å². The van der Waals surface area contributed by atoms with Crippen LogP contribution in [0, 0.1) is 0 Å². The Hall–Kier alpha value is -0.570. The van der Waals surface area contributed by atoms with Gasteiger partial charge in [0.2, 0.25) is 5.91 Å². The van der Waals surface area contributed by atoms with Crippen molar-refractivity contribution in [2.75, 3.05) is 13.1 Å². The minimum atomic E-state index is 0.181. The van der Waals surface area contributed by atoms with Gasteiger partial charge in [0.05, 0.1) is 12.2 Å². The lowest BCUT2D eigenvalue weighted by Gasteiger charge is -2.35. The maximum absolute atomic E-state index is 12.2.